The zero-order valence-corrected chi connectivity index (χ0v) is 43.3. The van der Waals surface area contributed by atoms with Crippen LogP contribution in [0.5, 0.6) is 11.5 Å². The van der Waals surface area contributed by atoms with Gasteiger partial charge in [0.25, 0.3) is 0 Å². The standard InChI is InChI=1S/C56H71N5O10.ClH/c1-7-68-41-25-21-33-15-9-11-17-37(33)47(41)55(66)70-43-31-35-19-23-39(43)49(45(35)51(62)57-27-13-29-60(3)4)53(64)59-54(65)50-40-24-20-36(46(50)52(63)58-28-14-30-61(5)6)32-44(40)71-56(67)48-38-18-12-10-16-34(38)22-26-42(48)69-8-2;/h9-12,15-18,21-22,25-26,35-36,39-40,43-46,49-50H,7-8,13-14,19-20,23-24,27-32H2,1-6H3,(H,57,62)(H,58,63)(H,59,64,65);1H. The molecule has 6 aliphatic carbocycles. The van der Waals surface area contributed by atoms with Crippen LogP contribution in [0.25, 0.3) is 21.5 Å². The largest absolute Gasteiger partial charge is 0.493 e. The number of carbonyl (C=O) groups is 6. The van der Waals surface area contributed by atoms with Crippen LogP contribution in [0.15, 0.2) is 72.8 Å². The maximum absolute atomic E-state index is 15.1. The SMILES string of the molecule is CCOc1ccc2ccccc2c1C(=O)OC1CC2CCC1C(C(=O)NC(=O)C1C3CCC(CC3OC(=O)c3c(OCC)ccc4ccccc34)C1C(=O)NCCCN(C)C)C2C(=O)NCCCN(C)C.Cl. The first kappa shape index (κ1) is 54.0. The molecule has 388 valence electrons. The number of nitrogens with zero attached hydrogens (tertiary/aromatic N) is 2. The summed E-state index contributed by atoms with van der Waals surface area (Å²) in [4.78, 5) is 91.8. The molecule has 4 bridgehead atoms. The van der Waals surface area contributed by atoms with Crippen molar-refractivity contribution in [1.82, 2.24) is 25.8 Å². The summed E-state index contributed by atoms with van der Waals surface area (Å²) >= 11 is 0. The fraction of sp³-hybridized carbons (Fsp3) is 0.536. The van der Waals surface area contributed by atoms with Gasteiger partial charge in [-0.15, -0.1) is 12.4 Å². The predicted octanol–water partition coefficient (Wildman–Crippen LogP) is 7.07. The summed E-state index contributed by atoms with van der Waals surface area (Å²) in [6, 6.07) is 22.3. The zero-order valence-electron chi connectivity index (χ0n) is 42.5. The van der Waals surface area contributed by atoms with E-state index in [1.807, 2.05) is 113 Å². The highest BCUT2D eigenvalue weighted by Gasteiger charge is 2.58. The normalized spacial score (nSPS) is 25.1. The Morgan fingerprint density at radius 1 is 0.528 bits per heavy atom. The highest BCUT2D eigenvalue weighted by atomic mass is 35.5. The third-order valence-corrected chi connectivity index (χ3v) is 15.4. The van der Waals surface area contributed by atoms with E-state index < -0.39 is 71.5 Å². The van der Waals surface area contributed by atoms with Crippen LogP contribution in [-0.2, 0) is 28.7 Å². The smallest absolute Gasteiger partial charge is 0.342 e. The molecule has 3 N–H and O–H groups in total. The van der Waals surface area contributed by atoms with Gasteiger partial charge in [0, 0.05) is 24.9 Å². The Morgan fingerprint density at radius 2 is 0.931 bits per heavy atom. The molecule has 15 nitrogen and oxygen atoms in total. The van der Waals surface area contributed by atoms with Crippen LogP contribution in [0.2, 0.25) is 0 Å². The molecule has 0 aliphatic heterocycles. The van der Waals surface area contributed by atoms with Crippen LogP contribution in [0.1, 0.15) is 85.9 Å². The van der Waals surface area contributed by atoms with E-state index in [1.54, 1.807) is 12.1 Å². The molecule has 4 amide bonds. The predicted molar refractivity (Wildman–Crippen MR) is 277 cm³/mol. The second-order valence-electron chi connectivity index (χ2n) is 20.4. The molecular formula is C56H72ClN5O10. The molecular weight excluding hydrogens is 938 g/mol. The lowest BCUT2D eigenvalue weighted by molar-refractivity contribution is -0.162. The molecule has 0 saturated heterocycles. The molecule has 72 heavy (non-hydrogen) atoms. The minimum atomic E-state index is -1.02. The van der Waals surface area contributed by atoms with E-state index in [0.29, 0.717) is 111 Å². The summed E-state index contributed by atoms with van der Waals surface area (Å²) in [7, 11) is 7.85. The van der Waals surface area contributed by atoms with Crippen molar-refractivity contribution in [3.05, 3.63) is 83.9 Å². The van der Waals surface area contributed by atoms with Crippen LogP contribution in [0.3, 0.4) is 0 Å². The number of fused-ring (bicyclic) bond motifs is 8. The molecule has 0 heterocycles. The average Bonchev–Trinajstić information content (AvgIpc) is 3.36. The molecule has 0 spiro atoms. The fourth-order valence-electron chi connectivity index (χ4n) is 12.3. The third kappa shape index (κ3) is 11.7. The Hall–Kier alpha value is -5.77. The number of ether oxygens (including phenoxy) is 4. The van der Waals surface area contributed by atoms with Gasteiger partial charge in [-0.3, -0.25) is 24.5 Å². The van der Waals surface area contributed by atoms with E-state index >= 15 is 9.59 Å². The molecule has 4 aromatic rings. The molecule has 6 saturated carbocycles. The number of rotatable bonds is 20. The maximum atomic E-state index is 15.1. The van der Waals surface area contributed by atoms with E-state index in [2.05, 4.69) is 16.0 Å². The summed E-state index contributed by atoms with van der Waals surface area (Å²) in [6.45, 7) is 6.67. The molecule has 6 fully saturated rings. The number of halogens is 1. The van der Waals surface area contributed by atoms with Gasteiger partial charge in [-0.25, -0.2) is 9.59 Å². The van der Waals surface area contributed by atoms with E-state index in [1.165, 1.54) is 0 Å². The van der Waals surface area contributed by atoms with Gasteiger partial charge in [-0.1, -0.05) is 60.7 Å². The third-order valence-electron chi connectivity index (χ3n) is 15.4. The van der Waals surface area contributed by atoms with E-state index in [4.69, 9.17) is 18.9 Å². The lowest BCUT2D eigenvalue weighted by Gasteiger charge is -2.51. The number of hydrogen-bond donors (Lipinski definition) is 3. The molecule has 6 aliphatic rings. The second kappa shape index (κ2) is 24.3. The van der Waals surface area contributed by atoms with Gasteiger partial charge in [0.05, 0.1) is 36.9 Å². The summed E-state index contributed by atoms with van der Waals surface area (Å²) in [5, 5.41) is 12.0. The van der Waals surface area contributed by atoms with E-state index in [9.17, 15) is 19.2 Å². The van der Waals surface area contributed by atoms with Crippen LogP contribution >= 0.6 is 12.4 Å². The van der Waals surface area contributed by atoms with E-state index in [-0.39, 0.29) is 36.1 Å². The molecule has 16 heteroatoms. The van der Waals surface area contributed by atoms with Gasteiger partial charge in [-0.2, -0.15) is 0 Å². The highest BCUT2D eigenvalue weighted by molar-refractivity contribution is 6.08. The molecule has 4 aromatic carbocycles. The summed E-state index contributed by atoms with van der Waals surface area (Å²) < 4.78 is 24.7. The number of imide groups is 1. The van der Waals surface area contributed by atoms with E-state index in [0.717, 1.165) is 23.9 Å². The summed E-state index contributed by atoms with van der Waals surface area (Å²) in [6.07, 6.45) is 2.95. The fourth-order valence-corrected chi connectivity index (χ4v) is 12.3. The lowest BCUT2D eigenvalue weighted by Crippen LogP contribution is -2.61. The number of carbonyl (C=O) groups excluding carboxylic acids is 6. The number of esters is 2. The van der Waals surface area contributed by atoms with Crippen LogP contribution < -0.4 is 25.4 Å². The zero-order chi connectivity index (χ0) is 50.3. The van der Waals surface area contributed by atoms with Gasteiger partial charge in [0.15, 0.2) is 0 Å². The Bertz CT molecular complexity index is 2430. The number of benzene rings is 4. The van der Waals surface area contributed by atoms with Crippen LogP contribution in [0.4, 0.5) is 0 Å². The molecule has 10 rings (SSSR count). The second-order valence-corrected chi connectivity index (χ2v) is 20.4. The van der Waals surface area contributed by atoms with Gasteiger partial charge in [0.1, 0.15) is 34.8 Å². The Labute approximate surface area is 429 Å². The maximum Gasteiger partial charge on any atom is 0.342 e. The van der Waals surface area contributed by atoms with Crippen molar-refractivity contribution in [2.75, 3.05) is 67.6 Å². The first-order valence-electron chi connectivity index (χ1n) is 25.7. The Balaban J connectivity index is 0.00000760. The first-order chi connectivity index (χ1) is 34.3. The van der Waals surface area contributed by atoms with Gasteiger partial charge in [-0.05, 0) is 152 Å². The van der Waals surface area contributed by atoms with Crippen molar-refractivity contribution in [2.24, 2.45) is 47.3 Å². The summed E-state index contributed by atoms with van der Waals surface area (Å²) in [5.74, 6) is -7.67. The number of nitrogens with one attached hydrogen (secondary N) is 3. The van der Waals surface area contributed by atoms with Crippen molar-refractivity contribution in [3.63, 3.8) is 0 Å². The lowest BCUT2D eigenvalue weighted by atomic mass is 9.56. The minimum absolute atomic E-state index is 0. The van der Waals surface area contributed by atoms with Gasteiger partial charge >= 0.3 is 11.9 Å². The van der Waals surface area contributed by atoms with Crippen molar-refractivity contribution in [1.29, 1.82) is 0 Å². The topological polar surface area (TPSA) is 182 Å². The van der Waals surface area contributed by atoms with Gasteiger partial charge < -0.3 is 39.4 Å². The monoisotopic (exact) mass is 1010 g/mol. The minimum Gasteiger partial charge on any atom is -0.493 e. The van der Waals surface area contributed by atoms with Crippen molar-refractivity contribution in [2.45, 2.75) is 77.4 Å². The van der Waals surface area contributed by atoms with Crippen molar-refractivity contribution >= 4 is 69.5 Å². The number of amides is 4. The Kier molecular flexibility index (Phi) is 18.2. The molecule has 10 unspecified atom stereocenters. The highest BCUT2D eigenvalue weighted by Crippen LogP contribution is 2.53. The van der Waals surface area contributed by atoms with Crippen LogP contribution in [0, 0.1) is 47.3 Å². The Morgan fingerprint density at radius 3 is 1.32 bits per heavy atom. The average molecular weight is 1010 g/mol. The summed E-state index contributed by atoms with van der Waals surface area (Å²) in [5.41, 5.74) is 0.585. The quantitative estimate of drug-likeness (QED) is 0.0467. The first-order valence-corrected chi connectivity index (χ1v) is 25.7. The van der Waals surface area contributed by atoms with Gasteiger partial charge in [0.2, 0.25) is 23.6 Å². The molecule has 0 radical (unpaired) electrons. The number of hydrogen-bond acceptors (Lipinski definition) is 12. The van der Waals surface area contributed by atoms with Crippen molar-refractivity contribution < 1.29 is 47.7 Å². The van der Waals surface area contributed by atoms with Crippen molar-refractivity contribution in [3.8, 4) is 11.5 Å². The molecule has 0 aromatic heterocycles. The van der Waals surface area contributed by atoms with Crippen LogP contribution in [-0.4, -0.2) is 125 Å². The molecule has 10 atom stereocenters.